The number of hydrogen-bond donors (Lipinski definition) is 1. The summed E-state index contributed by atoms with van der Waals surface area (Å²) >= 11 is 0. The Labute approximate surface area is 170 Å². The number of nitrogens with zero attached hydrogens (tertiary/aromatic N) is 3. The van der Waals surface area contributed by atoms with Gasteiger partial charge in [-0.15, -0.1) is 0 Å². The first-order valence-electron chi connectivity index (χ1n) is 10.2. The molecule has 4 rings (SSSR count). The molecule has 1 saturated heterocycles. The molecule has 1 fully saturated rings. The predicted molar refractivity (Wildman–Crippen MR) is 115 cm³/mol. The summed E-state index contributed by atoms with van der Waals surface area (Å²) in [6, 6.07) is 15.0. The number of piperidine rings is 1. The van der Waals surface area contributed by atoms with Crippen molar-refractivity contribution < 1.29 is 4.79 Å². The van der Waals surface area contributed by atoms with Crippen molar-refractivity contribution in [3.63, 3.8) is 0 Å². The van der Waals surface area contributed by atoms with Crippen LogP contribution in [0.2, 0.25) is 0 Å². The first-order chi connectivity index (χ1) is 14.1. The van der Waals surface area contributed by atoms with Crippen LogP contribution in [0.3, 0.4) is 0 Å². The van der Waals surface area contributed by atoms with Gasteiger partial charge in [-0.25, -0.2) is 4.98 Å². The lowest BCUT2D eigenvalue weighted by molar-refractivity contribution is -0.116. The average molecular weight is 390 g/mol. The molecule has 0 aliphatic carbocycles. The second kappa shape index (κ2) is 8.57. The number of hydrogen-bond acceptors (Lipinski definition) is 4. The van der Waals surface area contributed by atoms with Crippen LogP contribution in [-0.2, 0) is 17.9 Å². The molecule has 0 saturated carbocycles. The van der Waals surface area contributed by atoms with Gasteiger partial charge in [0.2, 0.25) is 5.91 Å². The lowest BCUT2D eigenvalue weighted by atomic mass is 10.1. The minimum Gasteiger partial charge on any atom is -0.325 e. The van der Waals surface area contributed by atoms with Crippen LogP contribution in [-0.4, -0.2) is 33.4 Å². The standard InChI is InChI=1S/C23H26N4O2/c1-17-9-11-18(12-10-17)24-22(28)16-27-21(15-26-13-5-2-6-14-26)25-20-8-4-3-7-19(20)23(27)29/h3-4,7-12H,2,5-6,13-16H2,1H3,(H,24,28). The Morgan fingerprint density at radius 1 is 1.03 bits per heavy atom. The van der Waals surface area contributed by atoms with E-state index in [0.29, 0.717) is 23.3 Å². The zero-order valence-corrected chi connectivity index (χ0v) is 16.7. The average Bonchev–Trinajstić information content (AvgIpc) is 2.73. The van der Waals surface area contributed by atoms with Crippen LogP contribution in [0.5, 0.6) is 0 Å². The Morgan fingerprint density at radius 3 is 2.52 bits per heavy atom. The van der Waals surface area contributed by atoms with E-state index in [1.54, 1.807) is 6.07 Å². The zero-order chi connectivity index (χ0) is 20.2. The molecule has 6 heteroatoms. The Morgan fingerprint density at radius 2 is 1.76 bits per heavy atom. The molecule has 0 atom stereocenters. The molecule has 150 valence electrons. The summed E-state index contributed by atoms with van der Waals surface area (Å²) in [5.41, 5.74) is 2.36. The molecular weight excluding hydrogens is 364 g/mol. The highest BCUT2D eigenvalue weighted by molar-refractivity contribution is 5.90. The second-order valence-electron chi connectivity index (χ2n) is 7.69. The summed E-state index contributed by atoms with van der Waals surface area (Å²) in [6.07, 6.45) is 3.56. The molecular formula is C23H26N4O2. The van der Waals surface area contributed by atoms with E-state index < -0.39 is 0 Å². The summed E-state index contributed by atoms with van der Waals surface area (Å²) in [6.45, 7) is 4.53. The molecule has 1 aromatic heterocycles. The third-order valence-corrected chi connectivity index (χ3v) is 5.39. The van der Waals surface area contributed by atoms with Crippen LogP contribution >= 0.6 is 0 Å². The van der Waals surface area contributed by atoms with Gasteiger partial charge in [0.25, 0.3) is 5.56 Å². The number of carbonyl (C=O) groups is 1. The quantitative estimate of drug-likeness (QED) is 0.726. The fourth-order valence-corrected chi connectivity index (χ4v) is 3.80. The van der Waals surface area contributed by atoms with Gasteiger partial charge >= 0.3 is 0 Å². The van der Waals surface area contributed by atoms with Crippen molar-refractivity contribution in [3.8, 4) is 0 Å². The van der Waals surface area contributed by atoms with Crippen LogP contribution in [0.25, 0.3) is 10.9 Å². The van der Waals surface area contributed by atoms with Crippen LogP contribution in [0.15, 0.2) is 53.3 Å². The Balaban J connectivity index is 1.64. The van der Waals surface area contributed by atoms with Crippen molar-refractivity contribution >= 4 is 22.5 Å². The molecule has 29 heavy (non-hydrogen) atoms. The number of rotatable bonds is 5. The van der Waals surface area contributed by atoms with Gasteiger partial charge < -0.3 is 5.32 Å². The Kier molecular flexibility index (Phi) is 5.71. The molecule has 3 aromatic rings. The number of para-hydroxylation sites is 1. The van der Waals surface area contributed by atoms with Crippen LogP contribution in [0.4, 0.5) is 5.69 Å². The van der Waals surface area contributed by atoms with Crippen molar-refractivity contribution in [3.05, 3.63) is 70.3 Å². The van der Waals surface area contributed by atoms with Crippen molar-refractivity contribution in [2.75, 3.05) is 18.4 Å². The molecule has 1 aliphatic rings. The van der Waals surface area contributed by atoms with E-state index >= 15 is 0 Å². The minimum absolute atomic E-state index is 0.0479. The van der Waals surface area contributed by atoms with Crippen molar-refractivity contribution in [2.45, 2.75) is 39.3 Å². The molecule has 2 aromatic carbocycles. The van der Waals surface area contributed by atoms with Crippen LogP contribution < -0.4 is 10.9 Å². The topological polar surface area (TPSA) is 67.2 Å². The highest BCUT2D eigenvalue weighted by atomic mass is 16.2. The number of amides is 1. The van der Waals surface area contributed by atoms with Gasteiger partial charge in [-0.3, -0.25) is 19.1 Å². The summed E-state index contributed by atoms with van der Waals surface area (Å²) in [4.78, 5) is 32.9. The monoisotopic (exact) mass is 390 g/mol. The van der Waals surface area contributed by atoms with Gasteiger partial charge in [0.15, 0.2) is 0 Å². The fraction of sp³-hybridized carbons (Fsp3) is 0.348. The van der Waals surface area contributed by atoms with E-state index in [9.17, 15) is 9.59 Å². The van der Waals surface area contributed by atoms with Gasteiger partial charge in [0, 0.05) is 5.69 Å². The normalized spacial score (nSPS) is 14.8. The first-order valence-corrected chi connectivity index (χ1v) is 10.2. The summed E-state index contributed by atoms with van der Waals surface area (Å²) in [5.74, 6) is 0.419. The van der Waals surface area contributed by atoms with Crippen LogP contribution in [0, 0.1) is 6.92 Å². The largest absolute Gasteiger partial charge is 0.325 e. The number of likely N-dealkylation sites (tertiary alicyclic amines) is 1. The third kappa shape index (κ3) is 4.54. The lowest BCUT2D eigenvalue weighted by Gasteiger charge is -2.27. The van der Waals surface area contributed by atoms with E-state index in [1.807, 2.05) is 49.4 Å². The maximum Gasteiger partial charge on any atom is 0.261 e. The number of aryl methyl sites for hydroxylation is 1. The summed E-state index contributed by atoms with van der Waals surface area (Å²) in [5, 5.41) is 3.42. The number of nitrogens with one attached hydrogen (secondary N) is 1. The van der Waals surface area contributed by atoms with E-state index in [-0.39, 0.29) is 18.0 Å². The van der Waals surface area contributed by atoms with Gasteiger partial charge in [0.05, 0.1) is 17.4 Å². The fourth-order valence-electron chi connectivity index (χ4n) is 3.80. The van der Waals surface area contributed by atoms with Gasteiger partial charge in [-0.05, 0) is 57.1 Å². The van der Waals surface area contributed by atoms with E-state index in [4.69, 9.17) is 4.98 Å². The van der Waals surface area contributed by atoms with E-state index in [1.165, 1.54) is 11.0 Å². The molecule has 2 heterocycles. The van der Waals surface area contributed by atoms with E-state index in [2.05, 4.69) is 10.2 Å². The third-order valence-electron chi connectivity index (χ3n) is 5.39. The van der Waals surface area contributed by atoms with Crippen molar-refractivity contribution in [2.24, 2.45) is 0 Å². The van der Waals surface area contributed by atoms with Gasteiger partial charge in [-0.2, -0.15) is 0 Å². The molecule has 0 unspecified atom stereocenters. The molecule has 1 amide bonds. The van der Waals surface area contributed by atoms with Crippen molar-refractivity contribution in [1.29, 1.82) is 0 Å². The number of benzene rings is 2. The first kappa shape index (κ1) is 19.3. The highest BCUT2D eigenvalue weighted by Gasteiger charge is 2.18. The molecule has 6 nitrogen and oxygen atoms in total. The van der Waals surface area contributed by atoms with Crippen LogP contribution in [0.1, 0.15) is 30.7 Å². The molecule has 0 radical (unpaired) electrons. The Bertz CT molecular complexity index is 1070. The number of aromatic nitrogens is 2. The smallest absolute Gasteiger partial charge is 0.261 e. The van der Waals surface area contributed by atoms with E-state index in [0.717, 1.165) is 37.2 Å². The minimum atomic E-state index is -0.229. The summed E-state index contributed by atoms with van der Waals surface area (Å²) in [7, 11) is 0. The lowest BCUT2D eigenvalue weighted by Crippen LogP contribution is -2.36. The molecule has 1 aliphatic heterocycles. The number of fused-ring (bicyclic) bond motifs is 1. The molecule has 0 bridgehead atoms. The van der Waals surface area contributed by atoms with Gasteiger partial charge in [-0.1, -0.05) is 36.2 Å². The maximum absolute atomic E-state index is 13.1. The predicted octanol–water partition coefficient (Wildman–Crippen LogP) is 3.33. The zero-order valence-electron chi connectivity index (χ0n) is 16.7. The Hall–Kier alpha value is -2.99. The SMILES string of the molecule is Cc1ccc(NC(=O)Cn2c(CN3CCCCC3)nc3ccccc3c2=O)cc1. The van der Waals surface area contributed by atoms with Gasteiger partial charge in [0.1, 0.15) is 12.4 Å². The number of anilines is 1. The highest BCUT2D eigenvalue weighted by Crippen LogP contribution is 2.14. The number of carbonyl (C=O) groups excluding carboxylic acids is 1. The molecule has 1 N–H and O–H groups in total. The maximum atomic E-state index is 13.1. The summed E-state index contributed by atoms with van der Waals surface area (Å²) < 4.78 is 1.53. The molecule has 0 spiro atoms. The second-order valence-corrected chi connectivity index (χ2v) is 7.69. The van der Waals surface area contributed by atoms with Crippen molar-refractivity contribution in [1.82, 2.24) is 14.5 Å².